The lowest BCUT2D eigenvalue weighted by molar-refractivity contribution is -0.120. The van der Waals surface area contributed by atoms with Gasteiger partial charge in [-0.05, 0) is 37.8 Å². The summed E-state index contributed by atoms with van der Waals surface area (Å²) in [5.41, 5.74) is -0.730. The Labute approximate surface area is 191 Å². The predicted octanol–water partition coefficient (Wildman–Crippen LogP) is 4.67. The molecular weight excluding hydrogens is 434 g/mol. The van der Waals surface area contributed by atoms with E-state index in [0.29, 0.717) is 22.0 Å². The van der Waals surface area contributed by atoms with Crippen LogP contribution in [0.4, 0.5) is 0 Å². The number of carbonyl (C=O) groups is 1. The first-order chi connectivity index (χ1) is 15.1. The number of nitriles is 1. The van der Waals surface area contributed by atoms with Gasteiger partial charge in [0.05, 0.1) is 16.8 Å². The second kappa shape index (κ2) is 9.92. The summed E-state index contributed by atoms with van der Waals surface area (Å²) in [7, 11) is 0. The highest BCUT2D eigenvalue weighted by Crippen LogP contribution is 2.39. The average molecular weight is 460 g/mol. The van der Waals surface area contributed by atoms with E-state index < -0.39 is 5.54 Å². The van der Waals surface area contributed by atoms with Crippen LogP contribution in [0.3, 0.4) is 0 Å². The molecule has 0 atom stereocenters. The van der Waals surface area contributed by atoms with Crippen LogP contribution in [0.1, 0.15) is 63.2 Å². The largest absolute Gasteiger partial charge is 0.484 e. The molecule has 1 aromatic heterocycles. The number of aromatic nitrogens is 3. The van der Waals surface area contributed by atoms with E-state index in [0.717, 1.165) is 57.2 Å². The number of ether oxygens (including phenoxy) is 1. The van der Waals surface area contributed by atoms with E-state index in [2.05, 4.69) is 26.2 Å². The van der Waals surface area contributed by atoms with Crippen LogP contribution in [-0.2, 0) is 11.4 Å². The van der Waals surface area contributed by atoms with E-state index in [9.17, 15) is 10.1 Å². The molecule has 2 aromatic rings. The van der Waals surface area contributed by atoms with Crippen molar-refractivity contribution in [3.8, 4) is 11.8 Å². The van der Waals surface area contributed by atoms with Crippen LogP contribution in [0.25, 0.3) is 0 Å². The number of rotatable bonds is 8. The first-order valence-electron chi connectivity index (χ1n) is 10.8. The Bertz CT molecular complexity index is 961. The fourth-order valence-electron chi connectivity index (χ4n) is 3.94. The normalized spacial score (nSPS) is 18.1. The number of para-hydroxylation sites is 1. The van der Waals surface area contributed by atoms with Gasteiger partial charge in [0.15, 0.2) is 11.0 Å². The molecule has 1 aromatic carbocycles. The summed E-state index contributed by atoms with van der Waals surface area (Å²) < 4.78 is 7.91. The summed E-state index contributed by atoms with van der Waals surface area (Å²) in [4.78, 5) is 12.6. The zero-order valence-corrected chi connectivity index (χ0v) is 18.9. The molecule has 0 bridgehead atoms. The van der Waals surface area contributed by atoms with Gasteiger partial charge in [-0.25, -0.2) is 0 Å². The van der Waals surface area contributed by atoms with Gasteiger partial charge in [-0.2, -0.15) is 5.26 Å². The SMILES string of the molecule is N#CC1(NC(=O)CSc2nnc(COc3ccccc3Cl)n2C2CC2)CCCCCC1. The van der Waals surface area contributed by atoms with Crippen molar-refractivity contribution in [2.45, 2.75) is 74.7 Å². The summed E-state index contributed by atoms with van der Waals surface area (Å²) in [5.74, 6) is 1.41. The van der Waals surface area contributed by atoms with Gasteiger partial charge < -0.3 is 10.1 Å². The number of nitrogens with one attached hydrogen (secondary N) is 1. The van der Waals surface area contributed by atoms with Gasteiger partial charge in [-0.3, -0.25) is 9.36 Å². The number of hydrogen-bond acceptors (Lipinski definition) is 6. The van der Waals surface area contributed by atoms with Crippen LogP contribution in [0, 0.1) is 11.3 Å². The minimum Gasteiger partial charge on any atom is -0.484 e. The highest BCUT2D eigenvalue weighted by atomic mass is 35.5. The van der Waals surface area contributed by atoms with Gasteiger partial charge in [-0.15, -0.1) is 10.2 Å². The van der Waals surface area contributed by atoms with Crippen LogP contribution in [0.5, 0.6) is 5.75 Å². The van der Waals surface area contributed by atoms with Crippen molar-refractivity contribution >= 4 is 29.3 Å². The Morgan fingerprint density at radius 2 is 2.00 bits per heavy atom. The van der Waals surface area contributed by atoms with Crippen molar-refractivity contribution in [2.75, 3.05) is 5.75 Å². The molecule has 0 aliphatic heterocycles. The van der Waals surface area contributed by atoms with Gasteiger partial charge >= 0.3 is 0 Å². The molecule has 0 saturated heterocycles. The Kier molecular flexibility index (Phi) is 7.03. The fourth-order valence-corrected chi connectivity index (χ4v) is 4.95. The van der Waals surface area contributed by atoms with E-state index in [-0.39, 0.29) is 18.3 Å². The zero-order chi connectivity index (χ0) is 21.7. The fraction of sp³-hybridized carbons (Fsp3) is 0.545. The molecule has 2 saturated carbocycles. The van der Waals surface area contributed by atoms with Crippen molar-refractivity contribution in [1.82, 2.24) is 20.1 Å². The van der Waals surface area contributed by atoms with Gasteiger partial charge in [-0.1, -0.05) is 61.2 Å². The quantitative estimate of drug-likeness (QED) is 0.455. The standard InChI is InChI=1S/C22H26ClN5O2S/c23-17-7-3-4-8-18(17)30-13-19-26-27-21(28(19)16-9-10-16)31-14-20(29)25-22(15-24)11-5-1-2-6-12-22/h3-4,7-8,16H,1-2,5-6,9-14H2,(H,25,29). The van der Waals surface area contributed by atoms with E-state index in [1.165, 1.54) is 11.8 Å². The molecule has 2 aliphatic rings. The second-order valence-corrected chi connectivity index (χ2v) is 9.51. The lowest BCUT2D eigenvalue weighted by atomic mass is 9.92. The predicted molar refractivity (Wildman–Crippen MR) is 119 cm³/mol. The minimum absolute atomic E-state index is 0.132. The van der Waals surface area contributed by atoms with Gasteiger partial charge in [0, 0.05) is 6.04 Å². The van der Waals surface area contributed by atoms with Crippen molar-refractivity contribution in [1.29, 1.82) is 5.26 Å². The van der Waals surface area contributed by atoms with Crippen molar-refractivity contribution in [3.05, 3.63) is 35.1 Å². The Hall–Kier alpha value is -2.24. The third-order valence-electron chi connectivity index (χ3n) is 5.72. The number of amides is 1. The molecule has 7 nitrogen and oxygen atoms in total. The van der Waals surface area contributed by atoms with E-state index in [4.69, 9.17) is 16.3 Å². The zero-order valence-electron chi connectivity index (χ0n) is 17.3. The summed E-state index contributed by atoms with van der Waals surface area (Å²) in [5, 5.41) is 22.5. The number of carbonyl (C=O) groups excluding carboxylic acids is 1. The number of nitrogens with zero attached hydrogens (tertiary/aromatic N) is 4. The van der Waals surface area contributed by atoms with Gasteiger partial charge in [0.25, 0.3) is 0 Å². The molecule has 4 rings (SSSR count). The van der Waals surface area contributed by atoms with Crippen LogP contribution in [-0.4, -0.2) is 32.0 Å². The monoisotopic (exact) mass is 459 g/mol. The third kappa shape index (κ3) is 5.52. The summed E-state index contributed by atoms with van der Waals surface area (Å²) in [6, 6.07) is 10.0. The van der Waals surface area contributed by atoms with Crippen molar-refractivity contribution in [3.63, 3.8) is 0 Å². The molecule has 1 amide bonds. The lowest BCUT2D eigenvalue weighted by Gasteiger charge is -2.26. The van der Waals surface area contributed by atoms with Gasteiger partial charge in [0.2, 0.25) is 5.91 Å². The topological polar surface area (TPSA) is 92.8 Å². The molecule has 31 heavy (non-hydrogen) atoms. The molecule has 0 unspecified atom stereocenters. The average Bonchev–Trinajstić information content (AvgIpc) is 3.57. The lowest BCUT2D eigenvalue weighted by Crippen LogP contribution is -2.47. The smallest absolute Gasteiger partial charge is 0.231 e. The van der Waals surface area contributed by atoms with Gasteiger partial charge in [0.1, 0.15) is 17.9 Å². The highest BCUT2D eigenvalue weighted by molar-refractivity contribution is 7.99. The Morgan fingerprint density at radius 3 is 2.68 bits per heavy atom. The maximum Gasteiger partial charge on any atom is 0.231 e. The Morgan fingerprint density at radius 1 is 1.26 bits per heavy atom. The molecule has 9 heteroatoms. The summed E-state index contributed by atoms with van der Waals surface area (Å²) >= 11 is 7.53. The first-order valence-corrected chi connectivity index (χ1v) is 12.1. The maximum absolute atomic E-state index is 12.6. The maximum atomic E-state index is 12.6. The van der Waals surface area contributed by atoms with Crippen LogP contribution >= 0.6 is 23.4 Å². The Balaban J connectivity index is 1.38. The molecule has 1 N–H and O–H groups in total. The highest BCUT2D eigenvalue weighted by Gasteiger charge is 2.33. The molecule has 0 spiro atoms. The van der Waals surface area contributed by atoms with Crippen LogP contribution in [0.2, 0.25) is 5.02 Å². The van der Waals surface area contributed by atoms with Crippen molar-refractivity contribution in [2.24, 2.45) is 0 Å². The molecule has 1 heterocycles. The third-order valence-corrected chi connectivity index (χ3v) is 6.98. The number of halogens is 1. The van der Waals surface area contributed by atoms with E-state index in [1.807, 2.05) is 18.2 Å². The molecule has 0 radical (unpaired) electrons. The van der Waals surface area contributed by atoms with Crippen LogP contribution in [0.15, 0.2) is 29.4 Å². The molecule has 164 valence electrons. The number of thioether (sulfide) groups is 1. The van der Waals surface area contributed by atoms with E-state index in [1.54, 1.807) is 6.07 Å². The number of hydrogen-bond donors (Lipinski definition) is 1. The number of benzene rings is 1. The van der Waals surface area contributed by atoms with E-state index >= 15 is 0 Å². The van der Waals surface area contributed by atoms with Crippen LogP contribution < -0.4 is 10.1 Å². The molecular formula is C22H26ClN5O2S. The summed E-state index contributed by atoms with van der Waals surface area (Å²) in [6.07, 6.45) is 7.78. The first kappa shape index (κ1) is 22.0. The minimum atomic E-state index is -0.730. The second-order valence-electron chi connectivity index (χ2n) is 8.16. The summed E-state index contributed by atoms with van der Waals surface area (Å²) in [6.45, 7) is 0.261. The molecule has 2 aliphatic carbocycles. The van der Waals surface area contributed by atoms with Crippen molar-refractivity contribution < 1.29 is 9.53 Å². The molecule has 2 fully saturated rings.